The zero-order valence-corrected chi connectivity index (χ0v) is 16.6. The molecule has 0 radical (unpaired) electrons. The minimum absolute atomic E-state index is 0.0200. The number of ether oxygens (including phenoxy) is 1. The molecule has 1 fully saturated rings. The minimum atomic E-state index is -3.81. The van der Waals surface area contributed by atoms with E-state index in [4.69, 9.17) is 27.9 Å². The van der Waals surface area contributed by atoms with Crippen LogP contribution in [0.1, 0.15) is 5.56 Å². The second-order valence-corrected chi connectivity index (χ2v) is 8.75. The second kappa shape index (κ2) is 8.58. The van der Waals surface area contributed by atoms with Gasteiger partial charge < -0.3 is 10.1 Å². The fraction of sp³-hybridized carbons (Fsp3) is 0.278. The fourth-order valence-electron chi connectivity index (χ4n) is 2.75. The lowest BCUT2D eigenvalue weighted by atomic mass is 10.2. The molecular formula is C18H18Cl2N2O4S. The quantitative estimate of drug-likeness (QED) is 0.793. The molecule has 6 nitrogen and oxygen atoms in total. The van der Waals surface area contributed by atoms with Gasteiger partial charge in [0.05, 0.1) is 11.6 Å². The van der Waals surface area contributed by atoms with E-state index in [1.165, 1.54) is 16.4 Å². The lowest BCUT2D eigenvalue weighted by Gasteiger charge is -2.31. The number of nitrogens with one attached hydrogen (secondary N) is 1. The normalized spacial score (nSPS) is 18.2. The van der Waals surface area contributed by atoms with E-state index < -0.39 is 16.1 Å². The van der Waals surface area contributed by atoms with Gasteiger partial charge in [-0.25, -0.2) is 8.42 Å². The smallest absolute Gasteiger partial charge is 0.250 e. The van der Waals surface area contributed by atoms with Crippen molar-refractivity contribution in [2.24, 2.45) is 0 Å². The van der Waals surface area contributed by atoms with E-state index in [0.29, 0.717) is 5.02 Å². The largest absolute Gasteiger partial charge is 0.366 e. The molecule has 27 heavy (non-hydrogen) atoms. The molecule has 2 aromatic rings. The Balaban J connectivity index is 1.67. The van der Waals surface area contributed by atoms with Crippen molar-refractivity contribution < 1.29 is 17.9 Å². The molecule has 0 saturated carbocycles. The van der Waals surface area contributed by atoms with Gasteiger partial charge in [0, 0.05) is 24.7 Å². The summed E-state index contributed by atoms with van der Waals surface area (Å²) in [5.41, 5.74) is 0.840. The van der Waals surface area contributed by atoms with Crippen LogP contribution in [0.15, 0.2) is 53.4 Å². The van der Waals surface area contributed by atoms with Crippen LogP contribution >= 0.6 is 23.2 Å². The second-order valence-electron chi connectivity index (χ2n) is 6.00. The number of hydrogen-bond acceptors (Lipinski definition) is 4. The van der Waals surface area contributed by atoms with Crippen molar-refractivity contribution in [3.05, 3.63) is 64.1 Å². The van der Waals surface area contributed by atoms with Crippen molar-refractivity contribution >= 4 is 39.1 Å². The summed E-state index contributed by atoms with van der Waals surface area (Å²) in [4.78, 5) is 12.4. The van der Waals surface area contributed by atoms with E-state index in [2.05, 4.69) is 5.32 Å². The molecule has 1 unspecified atom stereocenters. The maximum atomic E-state index is 12.8. The summed E-state index contributed by atoms with van der Waals surface area (Å²) in [7, 11) is -3.81. The minimum Gasteiger partial charge on any atom is -0.366 e. The molecule has 9 heteroatoms. The van der Waals surface area contributed by atoms with Crippen LogP contribution in [-0.4, -0.2) is 44.4 Å². The molecule has 0 bridgehead atoms. The number of carbonyl (C=O) groups is 1. The van der Waals surface area contributed by atoms with Crippen LogP contribution in [0.3, 0.4) is 0 Å². The first-order chi connectivity index (χ1) is 12.9. The zero-order valence-electron chi connectivity index (χ0n) is 14.3. The van der Waals surface area contributed by atoms with Crippen LogP contribution < -0.4 is 5.32 Å². The summed E-state index contributed by atoms with van der Waals surface area (Å²) >= 11 is 12.0. The first-order valence-corrected chi connectivity index (χ1v) is 10.5. The molecule has 1 aliphatic rings. The van der Waals surface area contributed by atoms with Gasteiger partial charge in [-0.2, -0.15) is 4.31 Å². The van der Waals surface area contributed by atoms with Crippen molar-refractivity contribution in [3.8, 4) is 0 Å². The first kappa shape index (κ1) is 20.1. The first-order valence-electron chi connectivity index (χ1n) is 8.26. The van der Waals surface area contributed by atoms with Crippen molar-refractivity contribution in [1.29, 1.82) is 0 Å². The number of nitrogens with zero attached hydrogens (tertiary/aromatic N) is 1. The highest BCUT2D eigenvalue weighted by Crippen LogP contribution is 2.25. The average molecular weight is 429 g/mol. The SMILES string of the molecule is O=C(NCc1cccc(Cl)c1)C1CN(S(=O)(=O)c2ccccc2Cl)CCO1. The van der Waals surface area contributed by atoms with Crippen molar-refractivity contribution in [2.45, 2.75) is 17.5 Å². The highest BCUT2D eigenvalue weighted by Gasteiger charge is 2.34. The average Bonchev–Trinajstić information content (AvgIpc) is 2.66. The Hall–Kier alpha value is -1.64. The van der Waals surface area contributed by atoms with Gasteiger partial charge in [0.25, 0.3) is 5.91 Å². The highest BCUT2D eigenvalue weighted by atomic mass is 35.5. The number of hydrogen-bond donors (Lipinski definition) is 1. The van der Waals surface area contributed by atoms with Crippen LogP contribution in [0, 0.1) is 0 Å². The summed E-state index contributed by atoms with van der Waals surface area (Å²) in [5, 5.41) is 3.47. The van der Waals surface area contributed by atoms with E-state index in [0.717, 1.165) is 5.56 Å². The van der Waals surface area contributed by atoms with Gasteiger partial charge in [0.1, 0.15) is 11.0 Å². The standard InChI is InChI=1S/C18H18Cl2N2O4S/c19-14-5-3-4-13(10-14)11-21-18(23)16-12-22(8-9-26-16)27(24,25)17-7-2-1-6-15(17)20/h1-7,10,16H,8-9,11-12H2,(H,21,23). The van der Waals surface area contributed by atoms with Gasteiger partial charge in [-0.05, 0) is 29.8 Å². The summed E-state index contributed by atoms with van der Waals surface area (Å²) < 4.78 is 32.4. The Morgan fingerprint density at radius 3 is 2.70 bits per heavy atom. The zero-order chi connectivity index (χ0) is 19.4. The molecule has 3 rings (SSSR count). The predicted molar refractivity (Wildman–Crippen MR) is 103 cm³/mol. The molecule has 1 saturated heterocycles. The van der Waals surface area contributed by atoms with Gasteiger partial charge in [-0.3, -0.25) is 4.79 Å². The molecule has 1 heterocycles. The van der Waals surface area contributed by atoms with Crippen molar-refractivity contribution in [1.82, 2.24) is 9.62 Å². The maximum Gasteiger partial charge on any atom is 0.250 e. The monoisotopic (exact) mass is 428 g/mol. The lowest BCUT2D eigenvalue weighted by molar-refractivity contribution is -0.136. The third-order valence-electron chi connectivity index (χ3n) is 4.13. The molecule has 0 spiro atoms. The number of rotatable bonds is 5. The third-order valence-corrected chi connectivity index (χ3v) is 6.73. The maximum absolute atomic E-state index is 12.8. The molecule has 144 valence electrons. The number of amides is 1. The number of sulfonamides is 1. The molecule has 1 atom stereocenters. The van der Waals surface area contributed by atoms with Gasteiger partial charge in [-0.1, -0.05) is 47.5 Å². The van der Waals surface area contributed by atoms with E-state index in [9.17, 15) is 13.2 Å². The number of carbonyl (C=O) groups excluding carboxylic acids is 1. The van der Waals surface area contributed by atoms with E-state index >= 15 is 0 Å². The van der Waals surface area contributed by atoms with Gasteiger partial charge >= 0.3 is 0 Å². The highest BCUT2D eigenvalue weighted by molar-refractivity contribution is 7.89. The fourth-order valence-corrected chi connectivity index (χ4v) is 4.88. The van der Waals surface area contributed by atoms with Crippen LogP contribution in [0.4, 0.5) is 0 Å². The van der Waals surface area contributed by atoms with Gasteiger partial charge in [-0.15, -0.1) is 0 Å². The van der Waals surface area contributed by atoms with E-state index in [1.807, 2.05) is 6.07 Å². The molecule has 0 aliphatic carbocycles. The van der Waals surface area contributed by atoms with Crippen LogP contribution in [0.2, 0.25) is 10.0 Å². The lowest BCUT2D eigenvalue weighted by Crippen LogP contribution is -2.51. The van der Waals surface area contributed by atoms with Crippen molar-refractivity contribution in [2.75, 3.05) is 19.7 Å². The van der Waals surface area contributed by atoms with Crippen LogP contribution in [0.25, 0.3) is 0 Å². The van der Waals surface area contributed by atoms with Gasteiger partial charge in [0.2, 0.25) is 10.0 Å². The number of morpholine rings is 1. The molecule has 1 amide bonds. The Morgan fingerprint density at radius 2 is 1.96 bits per heavy atom. The third kappa shape index (κ3) is 4.80. The van der Waals surface area contributed by atoms with Crippen LogP contribution in [0.5, 0.6) is 0 Å². The molecule has 1 N–H and O–H groups in total. The number of halogens is 2. The Morgan fingerprint density at radius 1 is 1.19 bits per heavy atom. The summed E-state index contributed by atoms with van der Waals surface area (Å²) in [5.74, 6) is -0.381. The van der Waals surface area contributed by atoms with E-state index in [-0.39, 0.29) is 42.1 Å². The summed E-state index contributed by atoms with van der Waals surface area (Å²) in [6.07, 6.45) is -0.893. The van der Waals surface area contributed by atoms with Gasteiger partial charge in [0.15, 0.2) is 0 Å². The molecule has 2 aromatic carbocycles. The summed E-state index contributed by atoms with van der Waals surface area (Å²) in [6.45, 7) is 0.482. The topological polar surface area (TPSA) is 75.7 Å². The molecule has 0 aromatic heterocycles. The Bertz CT molecular complexity index is 936. The molecular weight excluding hydrogens is 411 g/mol. The van der Waals surface area contributed by atoms with Crippen LogP contribution in [-0.2, 0) is 26.1 Å². The number of benzene rings is 2. The molecule has 1 aliphatic heterocycles. The van der Waals surface area contributed by atoms with E-state index in [1.54, 1.807) is 30.3 Å². The predicted octanol–water partition coefficient (Wildman–Crippen LogP) is 2.70. The Kier molecular flexibility index (Phi) is 6.39. The summed E-state index contributed by atoms with van der Waals surface area (Å²) in [6, 6.07) is 13.3. The Labute approximate surface area is 168 Å². The van der Waals surface area contributed by atoms with Crippen molar-refractivity contribution in [3.63, 3.8) is 0 Å².